The van der Waals surface area contributed by atoms with Gasteiger partial charge in [-0.05, 0) is 46.0 Å². The summed E-state index contributed by atoms with van der Waals surface area (Å²) in [7, 11) is 0. The van der Waals surface area contributed by atoms with Crippen LogP contribution in [0.15, 0.2) is 6.20 Å². The molecule has 0 bridgehead atoms. The number of anilines is 1. The van der Waals surface area contributed by atoms with Crippen LogP contribution in [0.5, 0.6) is 6.01 Å². The first-order valence-corrected chi connectivity index (χ1v) is 7.96. The number of ether oxygens (including phenoxy) is 1. The molecule has 0 aliphatic heterocycles. The SMILES string of the molecule is C[C@@H]1CC[C@@H](Nc2nc(OC(C)(C)C)ncc2C(N)=O)C[C@H]1O. The molecule has 2 rings (SSSR count). The zero-order valence-corrected chi connectivity index (χ0v) is 14.2. The third-order valence-corrected chi connectivity index (χ3v) is 3.92. The Bertz CT molecular complexity index is 571. The number of aliphatic hydroxyl groups is 1. The lowest BCUT2D eigenvalue weighted by atomic mass is 9.85. The van der Waals surface area contributed by atoms with Crippen molar-refractivity contribution in [1.29, 1.82) is 0 Å². The average molecular weight is 322 g/mol. The van der Waals surface area contributed by atoms with Crippen LogP contribution in [-0.2, 0) is 0 Å². The highest BCUT2D eigenvalue weighted by atomic mass is 16.5. The van der Waals surface area contributed by atoms with Crippen LogP contribution >= 0.6 is 0 Å². The lowest BCUT2D eigenvalue weighted by molar-refractivity contribution is 0.0739. The number of carbonyl (C=O) groups is 1. The summed E-state index contributed by atoms with van der Waals surface area (Å²) < 4.78 is 5.64. The fourth-order valence-electron chi connectivity index (χ4n) is 2.60. The van der Waals surface area contributed by atoms with Crippen molar-refractivity contribution in [2.75, 3.05) is 5.32 Å². The summed E-state index contributed by atoms with van der Waals surface area (Å²) in [6.07, 6.45) is 3.45. The molecule has 128 valence electrons. The standard InChI is InChI=1S/C16H26N4O3/c1-9-5-6-10(7-12(9)21)19-14-11(13(17)22)8-18-15(20-14)23-16(2,3)4/h8-10,12,21H,5-7H2,1-4H3,(H2,17,22)(H,18,19,20)/t9-,10-,12-/m1/s1. The van der Waals surface area contributed by atoms with Gasteiger partial charge < -0.3 is 20.9 Å². The molecule has 1 fully saturated rings. The second kappa shape index (κ2) is 6.70. The number of nitrogens with one attached hydrogen (secondary N) is 1. The van der Waals surface area contributed by atoms with Crippen LogP contribution in [0.1, 0.15) is 57.3 Å². The van der Waals surface area contributed by atoms with Gasteiger partial charge in [-0.25, -0.2) is 4.98 Å². The molecule has 1 aliphatic rings. The lowest BCUT2D eigenvalue weighted by Gasteiger charge is -2.32. The van der Waals surface area contributed by atoms with Gasteiger partial charge in [0.2, 0.25) is 0 Å². The second-order valence-corrected chi connectivity index (χ2v) is 7.19. The normalized spacial score (nSPS) is 25.0. The number of aliphatic hydroxyl groups excluding tert-OH is 1. The minimum absolute atomic E-state index is 0.0386. The summed E-state index contributed by atoms with van der Waals surface area (Å²) in [5.74, 6) is 0.0480. The Morgan fingerprint density at radius 2 is 2.13 bits per heavy atom. The smallest absolute Gasteiger partial charge is 0.318 e. The summed E-state index contributed by atoms with van der Waals surface area (Å²) in [5.41, 5.74) is 5.18. The Kier molecular flexibility index (Phi) is 5.09. The van der Waals surface area contributed by atoms with Gasteiger partial charge in [0.25, 0.3) is 5.91 Å². The molecule has 0 spiro atoms. The number of carbonyl (C=O) groups excluding carboxylic acids is 1. The van der Waals surface area contributed by atoms with E-state index in [0.29, 0.717) is 12.2 Å². The van der Waals surface area contributed by atoms with Gasteiger partial charge in [-0.1, -0.05) is 6.92 Å². The maximum Gasteiger partial charge on any atom is 0.318 e. The van der Waals surface area contributed by atoms with E-state index in [1.165, 1.54) is 6.20 Å². The largest absolute Gasteiger partial charge is 0.458 e. The number of hydrogen-bond donors (Lipinski definition) is 3. The van der Waals surface area contributed by atoms with Gasteiger partial charge in [0.15, 0.2) is 0 Å². The lowest BCUT2D eigenvalue weighted by Crippen LogP contribution is -2.35. The van der Waals surface area contributed by atoms with E-state index in [1.807, 2.05) is 27.7 Å². The second-order valence-electron chi connectivity index (χ2n) is 7.19. The van der Waals surface area contributed by atoms with Crippen molar-refractivity contribution in [2.45, 2.75) is 64.7 Å². The fraction of sp³-hybridized carbons (Fsp3) is 0.688. The van der Waals surface area contributed by atoms with Crippen molar-refractivity contribution in [3.05, 3.63) is 11.8 Å². The third kappa shape index (κ3) is 4.79. The van der Waals surface area contributed by atoms with Gasteiger partial charge in [-0.2, -0.15) is 4.98 Å². The Morgan fingerprint density at radius 1 is 1.43 bits per heavy atom. The summed E-state index contributed by atoms with van der Waals surface area (Å²) in [4.78, 5) is 19.9. The van der Waals surface area contributed by atoms with Crippen molar-refractivity contribution in [1.82, 2.24) is 9.97 Å². The molecule has 7 nitrogen and oxygen atoms in total. The van der Waals surface area contributed by atoms with Gasteiger partial charge in [-0.3, -0.25) is 4.79 Å². The highest BCUT2D eigenvalue weighted by Crippen LogP contribution is 2.27. The molecule has 0 aromatic carbocycles. The summed E-state index contributed by atoms with van der Waals surface area (Å²) in [5, 5.41) is 13.2. The van der Waals surface area contributed by atoms with Gasteiger partial charge in [-0.15, -0.1) is 0 Å². The maximum absolute atomic E-state index is 11.6. The van der Waals surface area contributed by atoms with Gasteiger partial charge in [0.1, 0.15) is 17.0 Å². The highest BCUT2D eigenvalue weighted by molar-refractivity contribution is 5.97. The van der Waals surface area contributed by atoms with Crippen molar-refractivity contribution in [2.24, 2.45) is 11.7 Å². The van der Waals surface area contributed by atoms with Crippen LogP contribution in [0.3, 0.4) is 0 Å². The number of primary amides is 1. The van der Waals surface area contributed by atoms with E-state index in [1.54, 1.807) is 0 Å². The number of rotatable bonds is 4. The van der Waals surface area contributed by atoms with Crippen molar-refractivity contribution < 1.29 is 14.6 Å². The van der Waals surface area contributed by atoms with Crippen LogP contribution in [0.25, 0.3) is 0 Å². The molecule has 1 aliphatic carbocycles. The monoisotopic (exact) mass is 322 g/mol. The molecule has 1 aromatic rings. The first kappa shape index (κ1) is 17.5. The van der Waals surface area contributed by atoms with E-state index in [9.17, 15) is 9.90 Å². The molecule has 0 unspecified atom stereocenters. The average Bonchev–Trinajstić information content (AvgIpc) is 2.41. The molecule has 1 saturated carbocycles. The third-order valence-electron chi connectivity index (χ3n) is 3.92. The topological polar surface area (TPSA) is 110 Å². The van der Waals surface area contributed by atoms with E-state index in [2.05, 4.69) is 15.3 Å². The van der Waals surface area contributed by atoms with Crippen molar-refractivity contribution in [3.63, 3.8) is 0 Å². The zero-order valence-electron chi connectivity index (χ0n) is 14.2. The number of aromatic nitrogens is 2. The molecule has 1 aromatic heterocycles. The predicted molar refractivity (Wildman–Crippen MR) is 87.4 cm³/mol. The molecule has 7 heteroatoms. The number of nitrogens with zero attached hydrogens (tertiary/aromatic N) is 2. The molecular weight excluding hydrogens is 296 g/mol. The highest BCUT2D eigenvalue weighted by Gasteiger charge is 2.27. The molecule has 23 heavy (non-hydrogen) atoms. The zero-order chi connectivity index (χ0) is 17.2. The van der Waals surface area contributed by atoms with Crippen LogP contribution in [0.2, 0.25) is 0 Å². The summed E-state index contributed by atoms with van der Waals surface area (Å²) >= 11 is 0. The van der Waals surface area contributed by atoms with Crippen LogP contribution in [0, 0.1) is 5.92 Å². The van der Waals surface area contributed by atoms with Gasteiger partial charge in [0.05, 0.1) is 6.10 Å². The van der Waals surface area contributed by atoms with Crippen molar-refractivity contribution in [3.8, 4) is 6.01 Å². The van der Waals surface area contributed by atoms with Crippen molar-refractivity contribution >= 4 is 11.7 Å². The van der Waals surface area contributed by atoms with Crippen LogP contribution in [0.4, 0.5) is 5.82 Å². The predicted octanol–water partition coefficient (Wildman–Crippen LogP) is 1.71. The summed E-state index contributed by atoms with van der Waals surface area (Å²) in [6, 6.07) is 0.228. The Morgan fingerprint density at radius 3 is 2.70 bits per heavy atom. The Balaban J connectivity index is 2.20. The molecule has 1 heterocycles. The maximum atomic E-state index is 11.6. The van der Waals surface area contributed by atoms with E-state index < -0.39 is 11.5 Å². The quantitative estimate of drug-likeness (QED) is 0.778. The summed E-state index contributed by atoms with van der Waals surface area (Å²) in [6.45, 7) is 7.72. The van der Waals surface area contributed by atoms with E-state index in [0.717, 1.165) is 12.8 Å². The number of hydrogen-bond acceptors (Lipinski definition) is 6. The van der Waals surface area contributed by atoms with Gasteiger partial charge in [0, 0.05) is 12.2 Å². The molecule has 1 amide bonds. The molecule has 3 atom stereocenters. The van der Waals surface area contributed by atoms with Crippen LogP contribution in [-0.4, -0.2) is 38.7 Å². The first-order valence-electron chi connectivity index (χ1n) is 7.96. The minimum atomic E-state index is -0.598. The first-order chi connectivity index (χ1) is 10.7. The molecule has 4 N–H and O–H groups in total. The van der Waals surface area contributed by atoms with E-state index >= 15 is 0 Å². The Hall–Kier alpha value is -1.89. The minimum Gasteiger partial charge on any atom is -0.458 e. The van der Waals surface area contributed by atoms with Crippen LogP contribution < -0.4 is 15.8 Å². The van der Waals surface area contributed by atoms with E-state index in [4.69, 9.17) is 10.5 Å². The Labute approximate surface area is 136 Å². The molecule has 0 saturated heterocycles. The molecule has 0 radical (unpaired) electrons. The van der Waals surface area contributed by atoms with E-state index in [-0.39, 0.29) is 29.6 Å². The van der Waals surface area contributed by atoms with Gasteiger partial charge >= 0.3 is 6.01 Å². The molecular formula is C16H26N4O3. The fourth-order valence-corrected chi connectivity index (χ4v) is 2.60. The number of nitrogens with two attached hydrogens (primary N) is 1. The number of amides is 1.